The number of nitrogens with zero attached hydrogens (tertiary/aromatic N) is 4. The number of amides is 2. The summed E-state index contributed by atoms with van der Waals surface area (Å²) in [5.41, 5.74) is 0.602. The van der Waals surface area contributed by atoms with E-state index in [0.717, 1.165) is 11.5 Å². The molecule has 0 aliphatic heterocycles. The zero-order chi connectivity index (χ0) is 13.7. The Morgan fingerprint density at radius 3 is 2.95 bits per heavy atom. The molecule has 2 rings (SSSR count). The van der Waals surface area contributed by atoms with Crippen LogP contribution in [0.4, 0.5) is 9.93 Å². The van der Waals surface area contributed by atoms with Gasteiger partial charge in [-0.1, -0.05) is 9.59 Å². The predicted molar refractivity (Wildman–Crippen MR) is 63.6 cm³/mol. The van der Waals surface area contributed by atoms with Crippen molar-refractivity contribution in [3.63, 3.8) is 0 Å². The predicted octanol–water partition coefficient (Wildman–Crippen LogP) is -0.526. The molecule has 2 amide bonds. The van der Waals surface area contributed by atoms with Crippen LogP contribution in [-0.2, 0) is 11.2 Å². The maximum Gasteiger partial charge on any atom is 0.326 e. The largest absolute Gasteiger partial charge is 0.480 e. The molecule has 100 valence electrons. The fourth-order valence-electron chi connectivity index (χ4n) is 1.29. The number of rotatable bonds is 5. The maximum atomic E-state index is 11.6. The standard InChI is InChI=1S/C8H9N7O3S/c16-6(17)5(1-4-2-9-3-10-4)11-7(18)12-8-13-14-15-19-8/h2-3,5H,1H2,(H,9,10)(H,16,17)(H2,11,12,13,15,18)/t5-/m0/s1. The quantitative estimate of drug-likeness (QED) is 0.577. The molecule has 0 aromatic carbocycles. The summed E-state index contributed by atoms with van der Waals surface area (Å²) in [4.78, 5) is 29.1. The molecule has 0 saturated heterocycles. The van der Waals surface area contributed by atoms with Crippen LogP contribution in [0.2, 0.25) is 0 Å². The summed E-state index contributed by atoms with van der Waals surface area (Å²) in [7, 11) is 0. The highest BCUT2D eigenvalue weighted by Gasteiger charge is 2.21. The van der Waals surface area contributed by atoms with E-state index in [4.69, 9.17) is 5.11 Å². The second-order valence-corrected chi connectivity index (χ2v) is 4.17. The number of anilines is 1. The van der Waals surface area contributed by atoms with E-state index in [1.807, 2.05) is 0 Å². The monoisotopic (exact) mass is 283 g/mol. The smallest absolute Gasteiger partial charge is 0.326 e. The number of carboxylic acid groups (broad SMARTS) is 1. The Labute approximate surface area is 110 Å². The number of hydrogen-bond acceptors (Lipinski definition) is 7. The van der Waals surface area contributed by atoms with Gasteiger partial charge in [-0.15, -0.1) is 0 Å². The number of aliphatic carboxylic acids is 1. The molecule has 0 spiro atoms. The number of aromatic nitrogens is 5. The first kappa shape index (κ1) is 12.9. The highest BCUT2D eigenvalue weighted by molar-refractivity contribution is 7.09. The van der Waals surface area contributed by atoms with Gasteiger partial charge in [0.1, 0.15) is 6.04 Å². The number of carbonyl (C=O) groups excluding carboxylic acids is 1. The molecule has 19 heavy (non-hydrogen) atoms. The third-order valence-corrected chi connectivity index (χ3v) is 2.61. The minimum Gasteiger partial charge on any atom is -0.480 e. The summed E-state index contributed by atoms with van der Waals surface area (Å²) < 4.78 is 3.46. The van der Waals surface area contributed by atoms with Gasteiger partial charge in [-0.25, -0.2) is 14.6 Å². The number of hydrogen-bond donors (Lipinski definition) is 4. The van der Waals surface area contributed by atoms with E-state index in [2.05, 4.69) is 35.4 Å². The van der Waals surface area contributed by atoms with Crippen molar-refractivity contribution in [3.8, 4) is 0 Å². The van der Waals surface area contributed by atoms with E-state index in [0.29, 0.717) is 5.69 Å². The van der Waals surface area contributed by atoms with Crippen molar-refractivity contribution in [1.82, 2.24) is 30.1 Å². The molecule has 0 aliphatic carbocycles. The van der Waals surface area contributed by atoms with E-state index in [1.54, 1.807) is 0 Å². The van der Waals surface area contributed by atoms with Crippen LogP contribution in [0.15, 0.2) is 12.5 Å². The van der Waals surface area contributed by atoms with Crippen molar-refractivity contribution >= 4 is 28.7 Å². The number of carbonyl (C=O) groups is 2. The second-order valence-electron chi connectivity index (χ2n) is 3.44. The van der Waals surface area contributed by atoms with Crippen LogP contribution in [0.25, 0.3) is 0 Å². The van der Waals surface area contributed by atoms with Gasteiger partial charge in [-0.3, -0.25) is 5.32 Å². The van der Waals surface area contributed by atoms with E-state index in [1.165, 1.54) is 12.5 Å². The normalized spacial score (nSPS) is 11.8. The molecule has 0 radical (unpaired) electrons. The van der Waals surface area contributed by atoms with Gasteiger partial charge in [0.25, 0.3) is 0 Å². The molecule has 0 saturated carbocycles. The summed E-state index contributed by atoms with van der Waals surface area (Å²) in [5.74, 6) is -1.15. The molecule has 0 unspecified atom stereocenters. The van der Waals surface area contributed by atoms with Crippen LogP contribution < -0.4 is 10.6 Å². The van der Waals surface area contributed by atoms with Crippen molar-refractivity contribution in [2.75, 3.05) is 5.32 Å². The van der Waals surface area contributed by atoms with Gasteiger partial charge in [-0.2, -0.15) is 0 Å². The summed E-state index contributed by atoms with van der Waals surface area (Å²) in [6, 6.07) is -1.77. The first-order valence-electron chi connectivity index (χ1n) is 5.08. The van der Waals surface area contributed by atoms with Gasteiger partial charge < -0.3 is 15.4 Å². The number of imidazole rings is 1. The average Bonchev–Trinajstić information content (AvgIpc) is 3.00. The minimum atomic E-state index is -1.15. The molecular formula is C8H9N7O3S. The minimum absolute atomic E-state index is 0.0944. The fourth-order valence-corrected chi connectivity index (χ4v) is 1.65. The zero-order valence-corrected chi connectivity index (χ0v) is 10.2. The topological polar surface area (TPSA) is 146 Å². The maximum absolute atomic E-state index is 11.6. The molecular weight excluding hydrogens is 274 g/mol. The number of urea groups is 1. The third kappa shape index (κ3) is 3.70. The van der Waals surface area contributed by atoms with Crippen LogP contribution in [0.1, 0.15) is 5.69 Å². The first-order chi connectivity index (χ1) is 9.15. The average molecular weight is 283 g/mol. The van der Waals surface area contributed by atoms with Crippen LogP contribution in [0.5, 0.6) is 0 Å². The van der Waals surface area contributed by atoms with Crippen molar-refractivity contribution in [2.45, 2.75) is 12.5 Å². The van der Waals surface area contributed by atoms with Crippen LogP contribution in [0.3, 0.4) is 0 Å². The summed E-state index contributed by atoms with van der Waals surface area (Å²) in [5, 5.41) is 20.7. The lowest BCUT2D eigenvalue weighted by Crippen LogP contribution is -2.44. The molecule has 2 aromatic rings. The second kappa shape index (κ2) is 5.86. The van der Waals surface area contributed by atoms with Gasteiger partial charge in [0.2, 0.25) is 5.13 Å². The SMILES string of the molecule is O=C(Nc1nnns1)N[C@@H](Cc1cnc[nH]1)C(=O)O. The van der Waals surface area contributed by atoms with Gasteiger partial charge in [0.05, 0.1) is 6.33 Å². The molecule has 10 nitrogen and oxygen atoms in total. The van der Waals surface area contributed by atoms with Crippen LogP contribution in [-0.4, -0.2) is 47.9 Å². The van der Waals surface area contributed by atoms with Crippen molar-refractivity contribution < 1.29 is 14.7 Å². The van der Waals surface area contributed by atoms with Crippen molar-refractivity contribution in [3.05, 3.63) is 18.2 Å². The summed E-state index contributed by atoms with van der Waals surface area (Å²) >= 11 is 0.884. The Kier molecular flexibility index (Phi) is 3.97. The van der Waals surface area contributed by atoms with Crippen molar-refractivity contribution in [2.24, 2.45) is 0 Å². The molecule has 0 aliphatic rings. The number of carboxylic acids is 1. The highest BCUT2D eigenvalue weighted by Crippen LogP contribution is 2.05. The van der Waals surface area contributed by atoms with E-state index in [-0.39, 0.29) is 11.6 Å². The zero-order valence-electron chi connectivity index (χ0n) is 9.40. The molecule has 4 N–H and O–H groups in total. The molecule has 0 fully saturated rings. The summed E-state index contributed by atoms with van der Waals surface area (Å²) in [6.45, 7) is 0. The Bertz CT molecular complexity index is 541. The van der Waals surface area contributed by atoms with Gasteiger partial charge in [0, 0.05) is 29.8 Å². The van der Waals surface area contributed by atoms with Gasteiger partial charge in [-0.05, 0) is 5.21 Å². The molecule has 2 aromatic heterocycles. The van der Waals surface area contributed by atoms with E-state index < -0.39 is 18.0 Å². The molecule has 11 heteroatoms. The Balaban J connectivity index is 1.93. The number of H-pyrrole nitrogens is 1. The Hall–Kier alpha value is -2.56. The number of aromatic amines is 1. The van der Waals surface area contributed by atoms with Crippen molar-refractivity contribution in [1.29, 1.82) is 0 Å². The van der Waals surface area contributed by atoms with E-state index in [9.17, 15) is 9.59 Å². The Morgan fingerprint density at radius 2 is 2.37 bits per heavy atom. The Morgan fingerprint density at radius 1 is 1.53 bits per heavy atom. The summed E-state index contributed by atoms with van der Waals surface area (Å²) in [6.07, 6.45) is 3.02. The fraction of sp³-hybridized carbons (Fsp3) is 0.250. The third-order valence-electron chi connectivity index (χ3n) is 2.10. The lowest BCUT2D eigenvalue weighted by molar-refractivity contribution is -0.139. The van der Waals surface area contributed by atoms with Crippen LogP contribution in [0, 0.1) is 0 Å². The molecule has 0 bridgehead atoms. The molecule has 2 heterocycles. The molecule has 1 atom stereocenters. The highest BCUT2D eigenvalue weighted by atomic mass is 32.1. The van der Waals surface area contributed by atoms with Crippen LogP contribution >= 0.6 is 11.5 Å². The lowest BCUT2D eigenvalue weighted by atomic mass is 10.2. The van der Waals surface area contributed by atoms with Gasteiger partial charge >= 0.3 is 12.0 Å². The van der Waals surface area contributed by atoms with E-state index >= 15 is 0 Å². The lowest BCUT2D eigenvalue weighted by Gasteiger charge is -2.13. The number of nitrogens with one attached hydrogen (secondary N) is 3. The first-order valence-corrected chi connectivity index (χ1v) is 5.85. The van der Waals surface area contributed by atoms with Gasteiger partial charge in [0.15, 0.2) is 0 Å².